The summed E-state index contributed by atoms with van der Waals surface area (Å²) in [6.07, 6.45) is 1.72. The third-order valence-electron chi connectivity index (χ3n) is 3.05. The van der Waals surface area contributed by atoms with Gasteiger partial charge in [-0.05, 0) is 37.6 Å². The van der Waals surface area contributed by atoms with E-state index in [9.17, 15) is 4.79 Å². The molecule has 0 bridgehead atoms. The zero-order valence-corrected chi connectivity index (χ0v) is 11.8. The molecular weight excluding hydrogens is 254 g/mol. The number of aromatic nitrogens is 2. The Balaban J connectivity index is 2.34. The van der Waals surface area contributed by atoms with Crippen LogP contribution in [0.25, 0.3) is 11.3 Å². The van der Waals surface area contributed by atoms with Crippen molar-refractivity contribution in [2.24, 2.45) is 0 Å². The molecule has 20 heavy (non-hydrogen) atoms. The number of nitrogens with two attached hydrogens (primary N) is 1. The first-order valence-electron chi connectivity index (χ1n) is 6.75. The number of benzene rings is 1. The number of hydrogen-bond donors (Lipinski definition) is 1. The van der Waals surface area contributed by atoms with Crippen LogP contribution in [0.2, 0.25) is 0 Å². The summed E-state index contributed by atoms with van der Waals surface area (Å²) in [4.78, 5) is 11.2. The highest BCUT2D eigenvalue weighted by atomic mass is 16.5. The van der Waals surface area contributed by atoms with Crippen molar-refractivity contribution < 1.29 is 9.53 Å². The van der Waals surface area contributed by atoms with Crippen LogP contribution < -0.4 is 10.5 Å². The van der Waals surface area contributed by atoms with Gasteiger partial charge in [0.2, 0.25) is 0 Å². The molecule has 0 spiro atoms. The number of aryl methyl sites for hydroxylation is 1. The summed E-state index contributed by atoms with van der Waals surface area (Å²) in [6, 6.07) is 7.53. The summed E-state index contributed by atoms with van der Waals surface area (Å²) in [5.74, 6) is 1.22. The van der Waals surface area contributed by atoms with Crippen molar-refractivity contribution in [1.82, 2.24) is 9.78 Å². The van der Waals surface area contributed by atoms with Crippen LogP contribution in [-0.2, 0) is 6.54 Å². The number of hydrogen-bond acceptors (Lipinski definition) is 4. The fourth-order valence-corrected chi connectivity index (χ4v) is 1.99. The average molecular weight is 273 g/mol. The summed E-state index contributed by atoms with van der Waals surface area (Å²) in [5, 5.41) is 4.38. The van der Waals surface area contributed by atoms with Gasteiger partial charge in [0.15, 0.2) is 6.29 Å². The molecule has 1 aromatic heterocycles. The monoisotopic (exact) mass is 273 g/mol. The Morgan fingerprint density at radius 3 is 2.55 bits per heavy atom. The largest absolute Gasteiger partial charge is 0.494 e. The van der Waals surface area contributed by atoms with Crippen LogP contribution >= 0.6 is 0 Å². The molecular formula is C15H19N3O2. The van der Waals surface area contributed by atoms with Crippen molar-refractivity contribution in [3.8, 4) is 17.0 Å². The van der Waals surface area contributed by atoms with Crippen LogP contribution in [0.1, 0.15) is 30.6 Å². The minimum absolute atomic E-state index is 0.406. The van der Waals surface area contributed by atoms with Crippen molar-refractivity contribution in [2.45, 2.75) is 26.8 Å². The molecule has 2 N–H and O–H groups in total. The van der Waals surface area contributed by atoms with Crippen LogP contribution in [0.5, 0.6) is 5.75 Å². The summed E-state index contributed by atoms with van der Waals surface area (Å²) >= 11 is 0. The second-order valence-corrected chi connectivity index (χ2v) is 4.45. The number of anilines is 1. The maximum absolute atomic E-state index is 11.2. The highest BCUT2D eigenvalue weighted by Gasteiger charge is 2.15. The van der Waals surface area contributed by atoms with Crippen LogP contribution in [0.4, 0.5) is 5.82 Å². The molecule has 0 fully saturated rings. The number of ether oxygens (including phenoxy) is 1. The Kier molecular flexibility index (Phi) is 4.40. The first-order chi connectivity index (χ1) is 9.71. The maximum atomic E-state index is 11.2. The fourth-order valence-electron chi connectivity index (χ4n) is 1.99. The molecule has 0 aliphatic rings. The molecule has 0 radical (unpaired) electrons. The van der Waals surface area contributed by atoms with E-state index in [1.807, 2.05) is 31.2 Å². The number of carbonyl (C=O) groups excluding carboxylic acids is 1. The molecule has 5 nitrogen and oxygen atoms in total. The minimum Gasteiger partial charge on any atom is -0.494 e. The molecule has 0 aliphatic carbocycles. The Labute approximate surface area is 118 Å². The summed E-state index contributed by atoms with van der Waals surface area (Å²) in [5.41, 5.74) is 7.81. The predicted octanol–water partition coefficient (Wildman–Crippen LogP) is 2.75. The van der Waals surface area contributed by atoms with Gasteiger partial charge in [0, 0.05) is 12.1 Å². The quantitative estimate of drug-likeness (QED) is 0.821. The standard InChI is InChI=1S/C15H19N3O2/c1-3-9-20-12-7-5-11(6-8-12)14-13(10-19)15(16)18(4-2)17-14/h5-8,10H,3-4,9,16H2,1-2H3. The lowest BCUT2D eigenvalue weighted by Crippen LogP contribution is -2.02. The molecule has 2 rings (SSSR count). The van der Waals surface area contributed by atoms with Gasteiger partial charge < -0.3 is 10.5 Å². The first kappa shape index (κ1) is 14.1. The number of carbonyl (C=O) groups is 1. The first-order valence-corrected chi connectivity index (χ1v) is 6.75. The summed E-state index contributed by atoms with van der Waals surface area (Å²) in [6.45, 7) is 5.31. The second-order valence-electron chi connectivity index (χ2n) is 4.45. The second kappa shape index (κ2) is 6.23. The van der Waals surface area contributed by atoms with E-state index < -0.39 is 0 Å². The van der Waals surface area contributed by atoms with Gasteiger partial charge in [-0.3, -0.25) is 4.79 Å². The van der Waals surface area contributed by atoms with E-state index >= 15 is 0 Å². The maximum Gasteiger partial charge on any atom is 0.156 e. The Hall–Kier alpha value is -2.30. The smallest absolute Gasteiger partial charge is 0.156 e. The zero-order chi connectivity index (χ0) is 14.5. The zero-order valence-electron chi connectivity index (χ0n) is 11.8. The van der Waals surface area contributed by atoms with Crippen molar-refractivity contribution in [1.29, 1.82) is 0 Å². The Morgan fingerprint density at radius 2 is 2.00 bits per heavy atom. The highest BCUT2D eigenvalue weighted by Crippen LogP contribution is 2.27. The lowest BCUT2D eigenvalue weighted by molar-refractivity contribution is 0.112. The number of aldehydes is 1. The number of nitrogens with zero attached hydrogens (tertiary/aromatic N) is 2. The van der Waals surface area contributed by atoms with Crippen LogP contribution in [0, 0.1) is 0 Å². The molecule has 5 heteroatoms. The van der Waals surface area contributed by atoms with E-state index in [2.05, 4.69) is 12.0 Å². The third kappa shape index (κ3) is 2.66. The van der Waals surface area contributed by atoms with Crippen LogP contribution in [0.15, 0.2) is 24.3 Å². The summed E-state index contributed by atoms with van der Waals surface area (Å²) in [7, 11) is 0. The molecule has 0 unspecified atom stereocenters. The molecule has 1 heterocycles. The van der Waals surface area contributed by atoms with Gasteiger partial charge in [-0.1, -0.05) is 6.92 Å². The Bertz CT molecular complexity index is 588. The molecule has 0 amide bonds. The lowest BCUT2D eigenvalue weighted by atomic mass is 10.1. The number of nitrogen functional groups attached to an aromatic ring is 1. The fraction of sp³-hybridized carbons (Fsp3) is 0.333. The average Bonchev–Trinajstić information content (AvgIpc) is 2.81. The molecule has 0 aliphatic heterocycles. The van der Waals surface area contributed by atoms with E-state index in [1.165, 1.54) is 0 Å². The molecule has 0 saturated carbocycles. The van der Waals surface area contributed by atoms with Crippen molar-refractivity contribution >= 4 is 12.1 Å². The van der Waals surface area contributed by atoms with Gasteiger partial charge in [-0.2, -0.15) is 5.10 Å². The molecule has 2 aromatic rings. The van der Waals surface area contributed by atoms with Crippen LogP contribution in [0.3, 0.4) is 0 Å². The van der Waals surface area contributed by atoms with Gasteiger partial charge in [-0.25, -0.2) is 4.68 Å². The van der Waals surface area contributed by atoms with Crippen molar-refractivity contribution in [3.63, 3.8) is 0 Å². The van der Waals surface area contributed by atoms with E-state index in [1.54, 1.807) is 4.68 Å². The highest BCUT2D eigenvalue weighted by molar-refractivity contribution is 5.91. The van der Waals surface area contributed by atoms with Gasteiger partial charge >= 0.3 is 0 Å². The molecule has 0 atom stereocenters. The van der Waals surface area contributed by atoms with Gasteiger partial charge in [0.25, 0.3) is 0 Å². The van der Waals surface area contributed by atoms with Gasteiger partial charge in [0.05, 0.1) is 12.2 Å². The molecule has 1 aromatic carbocycles. The van der Waals surface area contributed by atoms with E-state index in [-0.39, 0.29) is 0 Å². The Morgan fingerprint density at radius 1 is 1.30 bits per heavy atom. The molecule has 0 saturated heterocycles. The topological polar surface area (TPSA) is 70.1 Å². The SMILES string of the molecule is CCCOc1ccc(-c2nn(CC)c(N)c2C=O)cc1. The van der Waals surface area contributed by atoms with Gasteiger partial charge in [0.1, 0.15) is 17.3 Å². The summed E-state index contributed by atoms with van der Waals surface area (Å²) < 4.78 is 7.16. The van der Waals surface area contributed by atoms with Crippen molar-refractivity contribution in [3.05, 3.63) is 29.8 Å². The van der Waals surface area contributed by atoms with Gasteiger partial charge in [-0.15, -0.1) is 0 Å². The molecule has 106 valence electrons. The third-order valence-corrected chi connectivity index (χ3v) is 3.05. The predicted molar refractivity (Wildman–Crippen MR) is 78.9 cm³/mol. The minimum atomic E-state index is 0.406. The van der Waals surface area contributed by atoms with Crippen LogP contribution in [-0.4, -0.2) is 22.7 Å². The number of rotatable bonds is 6. The van der Waals surface area contributed by atoms with E-state index in [0.29, 0.717) is 30.2 Å². The van der Waals surface area contributed by atoms with E-state index in [4.69, 9.17) is 10.5 Å². The lowest BCUT2D eigenvalue weighted by Gasteiger charge is -2.05. The van der Waals surface area contributed by atoms with Crippen molar-refractivity contribution in [2.75, 3.05) is 12.3 Å². The normalized spacial score (nSPS) is 10.5. The van der Waals surface area contributed by atoms with E-state index in [0.717, 1.165) is 24.0 Å².